The molecular formula is C16H25N7O6. The molecule has 1 unspecified atom stereocenters. The molecule has 2 aromatic rings. The van der Waals surface area contributed by atoms with Gasteiger partial charge in [0.1, 0.15) is 18.3 Å². The first kappa shape index (κ1) is 21.3. The summed E-state index contributed by atoms with van der Waals surface area (Å²) in [5, 5.41) is 29.4. The maximum Gasteiger partial charge on any atom is 0.290 e. The van der Waals surface area contributed by atoms with E-state index >= 15 is 0 Å². The number of aliphatic hydroxyl groups excluding tert-OH is 3. The minimum absolute atomic E-state index is 0.0388. The van der Waals surface area contributed by atoms with Crippen molar-refractivity contribution in [2.24, 2.45) is 11.5 Å². The molecule has 0 aliphatic carbocycles. The van der Waals surface area contributed by atoms with Crippen molar-refractivity contribution in [2.75, 3.05) is 18.9 Å². The van der Waals surface area contributed by atoms with Crippen molar-refractivity contribution in [3.05, 3.63) is 16.7 Å². The monoisotopic (exact) mass is 411 g/mol. The number of fused-ring (bicyclic) bond motifs is 1. The van der Waals surface area contributed by atoms with Crippen molar-refractivity contribution in [3.63, 3.8) is 0 Å². The van der Waals surface area contributed by atoms with Gasteiger partial charge in [0.2, 0.25) is 5.95 Å². The largest absolute Gasteiger partial charge is 0.394 e. The SMILES string of the molecule is NCCCCC(N)C(=O)n1c(N)nc2c(ncn2[C@@H]2O[C@H](CO)[C@@H](O)[C@H]2O)c1=O. The molecule has 1 aliphatic heterocycles. The van der Waals surface area contributed by atoms with E-state index in [9.17, 15) is 24.9 Å². The summed E-state index contributed by atoms with van der Waals surface area (Å²) < 4.78 is 7.31. The highest BCUT2D eigenvalue weighted by atomic mass is 16.6. The van der Waals surface area contributed by atoms with Crippen LogP contribution in [0.1, 0.15) is 30.3 Å². The lowest BCUT2D eigenvalue weighted by Gasteiger charge is -2.17. The predicted molar refractivity (Wildman–Crippen MR) is 101 cm³/mol. The highest BCUT2D eigenvalue weighted by molar-refractivity contribution is 5.88. The van der Waals surface area contributed by atoms with Crippen LogP contribution in [-0.2, 0) is 4.74 Å². The molecule has 2 aromatic heterocycles. The topological polar surface area (TPSA) is 218 Å². The molecule has 0 bridgehead atoms. The average molecular weight is 411 g/mol. The molecule has 0 amide bonds. The summed E-state index contributed by atoms with van der Waals surface area (Å²) in [6.45, 7) is -0.0465. The first-order valence-electron chi connectivity index (χ1n) is 9.19. The molecule has 3 heterocycles. The minimum Gasteiger partial charge on any atom is -0.394 e. The first-order chi connectivity index (χ1) is 13.8. The number of carbonyl (C=O) groups excluding carboxylic acids is 1. The Bertz CT molecular complexity index is 944. The maximum absolute atomic E-state index is 12.8. The van der Waals surface area contributed by atoms with Crippen LogP contribution in [-0.4, -0.2) is 77.8 Å². The first-order valence-corrected chi connectivity index (χ1v) is 9.19. The molecule has 0 spiro atoms. The van der Waals surface area contributed by atoms with Crippen LogP contribution >= 0.6 is 0 Å². The lowest BCUT2D eigenvalue weighted by atomic mass is 10.1. The van der Waals surface area contributed by atoms with E-state index in [4.69, 9.17) is 21.9 Å². The Morgan fingerprint density at radius 2 is 2.03 bits per heavy atom. The quantitative estimate of drug-likeness (QED) is 0.250. The fraction of sp³-hybridized carbons (Fsp3) is 0.625. The number of nitrogen functional groups attached to an aromatic ring is 1. The maximum atomic E-state index is 12.8. The third kappa shape index (κ3) is 3.75. The Kier molecular flexibility index (Phi) is 6.26. The summed E-state index contributed by atoms with van der Waals surface area (Å²) in [4.78, 5) is 33.4. The zero-order valence-electron chi connectivity index (χ0n) is 15.6. The van der Waals surface area contributed by atoms with Crippen LogP contribution in [0.4, 0.5) is 5.95 Å². The van der Waals surface area contributed by atoms with Crippen LogP contribution in [0.2, 0.25) is 0 Å². The zero-order chi connectivity index (χ0) is 21.3. The van der Waals surface area contributed by atoms with Crippen molar-refractivity contribution in [1.29, 1.82) is 0 Å². The van der Waals surface area contributed by atoms with Crippen LogP contribution in [0.3, 0.4) is 0 Å². The number of anilines is 1. The molecule has 1 fully saturated rings. The Morgan fingerprint density at radius 1 is 1.31 bits per heavy atom. The van der Waals surface area contributed by atoms with E-state index in [1.54, 1.807) is 0 Å². The molecule has 160 valence electrons. The number of rotatable bonds is 7. The van der Waals surface area contributed by atoms with Crippen molar-refractivity contribution in [2.45, 2.75) is 49.8 Å². The van der Waals surface area contributed by atoms with E-state index in [1.807, 2.05) is 0 Å². The van der Waals surface area contributed by atoms with E-state index in [-0.39, 0.29) is 11.2 Å². The van der Waals surface area contributed by atoms with Crippen molar-refractivity contribution < 1.29 is 24.9 Å². The van der Waals surface area contributed by atoms with Gasteiger partial charge in [0.25, 0.3) is 11.5 Å². The summed E-state index contributed by atoms with van der Waals surface area (Å²) in [7, 11) is 0. The van der Waals surface area contributed by atoms with Gasteiger partial charge >= 0.3 is 0 Å². The van der Waals surface area contributed by atoms with Crippen molar-refractivity contribution in [3.8, 4) is 0 Å². The van der Waals surface area contributed by atoms with Crippen molar-refractivity contribution in [1.82, 2.24) is 19.1 Å². The van der Waals surface area contributed by atoms with Crippen LogP contribution in [0, 0.1) is 0 Å². The van der Waals surface area contributed by atoms with Gasteiger partial charge in [-0.15, -0.1) is 0 Å². The molecule has 9 N–H and O–H groups in total. The number of aliphatic hydroxyl groups is 3. The van der Waals surface area contributed by atoms with Gasteiger partial charge < -0.3 is 37.3 Å². The molecule has 0 saturated carbocycles. The minimum atomic E-state index is -1.40. The number of nitrogens with two attached hydrogens (primary N) is 3. The second kappa shape index (κ2) is 8.52. The summed E-state index contributed by atoms with van der Waals surface area (Å²) in [6, 6.07) is -0.955. The lowest BCUT2D eigenvalue weighted by Crippen LogP contribution is -2.41. The molecule has 1 saturated heterocycles. The van der Waals surface area contributed by atoms with Crippen LogP contribution in [0.15, 0.2) is 11.1 Å². The Hall–Kier alpha value is -2.42. The standard InChI is InChI=1S/C16H25N7O6/c17-4-2-1-3-7(18)13(27)23-14(28)9-12(21-16(23)19)22(6-20-9)15-11(26)10(25)8(5-24)29-15/h6-8,10-11,15,24-26H,1-5,17-18H2,(H2,19,21)/t7?,8-,10-,11-,15-/m1/s1. The molecular weight excluding hydrogens is 386 g/mol. The van der Waals surface area contributed by atoms with Gasteiger partial charge in [-0.05, 0) is 19.4 Å². The highest BCUT2D eigenvalue weighted by Gasteiger charge is 2.44. The van der Waals surface area contributed by atoms with Gasteiger partial charge in [-0.25, -0.2) is 9.55 Å². The Balaban J connectivity index is 1.96. The molecule has 3 rings (SSSR count). The highest BCUT2D eigenvalue weighted by Crippen LogP contribution is 2.30. The van der Waals surface area contributed by atoms with Gasteiger partial charge in [0, 0.05) is 0 Å². The number of hydrogen-bond acceptors (Lipinski definition) is 11. The Morgan fingerprint density at radius 3 is 2.66 bits per heavy atom. The van der Waals surface area contributed by atoms with Gasteiger partial charge in [-0.1, -0.05) is 6.42 Å². The molecule has 5 atom stereocenters. The number of aromatic nitrogens is 4. The molecule has 13 nitrogen and oxygen atoms in total. The average Bonchev–Trinajstić information content (AvgIpc) is 3.23. The normalized spacial score (nSPS) is 25.6. The van der Waals surface area contributed by atoms with E-state index in [2.05, 4.69) is 9.97 Å². The van der Waals surface area contributed by atoms with E-state index in [1.165, 1.54) is 10.9 Å². The summed E-state index contributed by atoms with van der Waals surface area (Å²) in [5.74, 6) is -1.10. The fourth-order valence-electron chi connectivity index (χ4n) is 3.29. The van der Waals surface area contributed by atoms with Crippen LogP contribution < -0.4 is 22.8 Å². The number of ether oxygens (including phenoxy) is 1. The second-order valence-electron chi connectivity index (χ2n) is 6.89. The van der Waals surface area contributed by atoms with Crippen molar-refractivity contribution >= 4 is 23.0 Å². The van der Waals surface area contributed by atoms with E-state index in [0.29, 0.717) is 30.4 Å². The molecule has 1 aliphatic rings. The smallest absolute Gasteiger partial charge is 0.290 e. The van der Waals surface area contributed by atoms with Gasteiger partial charge in [0.15, 0.2) is 17.4 Å². The van der Waals surface area contributed by atoms with Gasteiger partial charge in [-0.3, -0.25) is 14.2 Å². The predicted octanol–water partition coefficient (Wildman–Crippen LogP) is -3.12. The number of unbranched alkanes of at least 4 members (excludes halogenated alkanes) is 1. The molecule has 0 aromatic carbocycles. The molecule has 0 radical (unpaired) electrons. The van der Waals surface area contributed by atoms with Gasteiger partial charge in [0.05, 0.1) is 19.0 Å². The zero-order valence-corrected chi connectivity index (χ0v) is 15.6. The van der Waals surface area contributed by atoms with Crippen LogP contribution in [0.5, 0.6) is 0 Å². The second-order valence-corrected chi connectivity index (χ2v) is 6.89. The number of nitrogens with zero attached hydrogens (tertiary/aromatic N) is 4. The summed E-state index contributed by atoms with van der Waals surface area (Å²) in [6.07, 6.45) is -2.08. The fourth-order valence-corrected chi connectivity index (χ4v) is 3.29. The van der Waals surface area contributed by atoms with Gasteiger partial charge in [-0.2, -0.15) is 4.98 Å². The van der Waals surface area contributed by atoms with Crippen LogP contribution in [0.25, 0.3) is 11.2 Å². The summed E-state index contributed by atoms with van der Waals surface area (Å²) >= 11 is 0. The third-order valence-electron chi connectivity index (χ3n) is 4.92. The molecule has 13 heteroatoms. The summed E-state index contributed by atoms with van der Waals surface area (Å²) in [5.41, 5.74) is 16.1. The molecule has 29 heavy (non-hydrogen) atoms. The lowest BCUT2D eigenvalue weighted by molar-refractivity contribution is -0.0511. The number of hydrogen-bond donors (Lipinski definition) is 6. The van der Waals surface area contributed by atoms with E-state index < -0.39 is 54.6 Å². The number of imidazole rings is 1. The third-order valence-corrected chi connectivity index (χ3v) is 4.92. The van der Waals surface area contributed by atoms with E-state index in [0.717, 1.165) is 0 Å². The number of carbonyl (C=O) groups is 1. The Labute approximate surface area is 164 Å².